The van der Waals surface area contributed by atoms with Crippen molar-refractivity contribution in [3.8, 4) is 0 Å². The van der Waals surface area contributed by atoms with Crippen molar-refractivity contribution in [2.45, 2.75) is 37.2 Å². The number of carbonyl (C=O) groups is 1. The van der Waals surface area contributed by atoms with E-state index in [-0.39, 0.29) is 19.6 Å². The van der Waals surface area contributed by atoms with Gasteiger partial charge in [-0.3, -0.25) is 19.7 Å². The third-order valence-electron chi connectivity index (χ3n) is 4.06. The van der Waals surface area contributed by atoms with Crippen molar-refractivity contribution < 1.29 is 28.1 Å². The summed E-state index contributed by atoms with van der Waals surface area (Å²) in [6.45, 7) is -0.0866. The van der Waals surface area contributed by atoms with Crippen molar-refractivity contribution in [2.75, 3.05) is 6.54 Å². The van der Waals surface area contributed by atoms with Crippen molar-refractivity contribution in [1.29, 1.82) is 0 Å². The van der Waals surface area contributed by atoms with E-state index in [1.165, 1.54) is 12.1 Å². The first-order valence-electron chi connectivity index (χ1n) is 8.97. The Morgan fingerprint density at radius 2 is 1.69 bits per heavy atom. The second kappa shape index (κ2) is 10.6. The van der Waals surface area contributed by atoms with Gasteiger partial charge in [-0.2, -0.15) is 0 Å². The average Bonchev–Trinajstić information content (AvgIpc) is 2.70. The second-order valence-corrected chi connectivity index (χ2v) is 8.02. The Morgan fingerprint density at radius 1 is 1.03 bits per heavy atom. The van der Waals surface area contributed by atoms with Gasteiger partial charge in [0.25, 0.3) is 15.7 Å². The maximum absolute atomic E-state index is 13.1. The Morgan fingerprint density at radius 3 is 2.34 bits per heavy atom. The summed E-state index contributed by atoms with van der Waals surface area (Å²) in [6.07, 6.45) is 1.21. The summed E-state index contributed by atoms with van der Waals surface area (Å²) in [7, 11) is -4.30. The number of nitro groups is 1. The molecule has 29 heavy (non-hydrogen) atoms. The van der Waals surface area contributed by atoms with E-state index in [4.69, 9.17) is 9.94 Å². The zero-order valence-electron chi connectivity index (χ0n) is 15.6. The Bertz CT molecular complexity index is 933. The van der Waals surface area contributed by atoms with Crippen LogP contribution < -0.4 is 0 Å². The summed E-state index contributed by atoms with van der Waals surface area (Å²) in [5.74, 6) is -0.922. The maximum Gasteiger partial charge on any atom is 0.303 e. The highest BCUT2D eigenvalue weighted by Crippen LogP contribution is 2.27. The number of unbranched alkanes of at least 4 members (excludes halogenated alkanes) is 2. The minimum atomic E-state index is -4.30. The minimum absolute atomic E-state index is 0.0121. The van der Waals surface area contributed by atoms with Crippen LogP contribution in [-0.4, -0.2) is 35.4 Å². The lowest BCUT2D eigenvalue weighted by Gasteiger charge is -2.21. The molecule has 2 rings (SSSR count). The monoisotopic (exact) mass is 422 g/mol. The van der Waals surface area contributed by atoms with Gasteiger partial charge in [0, 0.05) is 19.0 Å². The van der Waals surface area contributed by atoms with E-state index in [1.54, 1.807) is 24.3 Å². The summed E-state index contributed by atoms with van der Waals surface area (Å²) >= 11 is 0. The number of hydrogen-bond acceptors (Lipinski definition) is 6. The van der Waals surface area contributed by atoms with Crippen molar-refractivity contribution >= 4 is 21.7 Å². The molecule has 0 saturated carbocycles. The van der Waals surface area contributed by atoms with Crippen LogP contribution in [0.5, 0.6) is 0 Å². The molecule has 0 aliphatic heterocycles. The van der Waals surface area contributed by atoms with Gasteiger partial charge in [-0.25, -0.2) is 8.42 Å². The number of nitrogens with zero attached hydrogens (tertiary/aromatic N) is 2. The molecular weight excluding hydrogens is 400 g/mol. The van der Waals surface area contributed by atoms with Gasteiger partial charge in [-0.05, 0) is 24.5 Å². The number of nitro benzene ring substituents is 1. The second-order valence-electron chi connectivity index (χ2n) is 6.22. The molecule has 0 fully saturated rings. The first kappa shape index (κ1) is 22.5. The van der Waals surface area contributed by atoms with Gasteiger partial charge in [0.05, 0.1) is 11.5 Å². The minimum Gasteiger partial charge on any atom is -0.481 e. The molecule has 0 bridgehead atoms. The number of carboxylic acids is 1. The smallest absolute Gasteiger partial charge is 0.303 e. The third-order valence-corrected chi connectivity index (χ3v) is 5.78. The van der Waals surface area contributed by atoms with Crippen molar-refractivity contribution in [2.24, 2.45) is 0 Å². The van der Waals surface area contributed by atoms with E-state index in [0.717, 1.165) is 22.2 Å². The van der Waals surface area contributed by atoms with Gasteiger partial charge in [0.2, 0.25) is 0 Å². The van der Waals surface area contributed by atoms with Crippen molar-refractivity contribution in [3.63, 3.8) is 0 Å². The molecule has 156 valence electrons. The summed E-state index contributed by atoms with van der Waals surface area (Å²) in [4.78, 5) is 26.2. The number of carboxylic acid groups (broad SMARTS) is 1. The molecule has 0 aliphatic rings. The molecule has 2 aromatic carbocycles. The fraction of sp³-hybridized carbons (Fsp3) is 0.316. The molecule has 0 atom stereocenters. The van der Waals surface area contributed by atoms with E-state index < -0.39 is 31.5 Å². The highest BCUT2D eigenvalue weighted by Gasteiger charge is 2.32. The third kappa shape index (κ3) is 6.63. The number of hydrogen-bond donors (Lipinski definition) is 1. The number of para-hydroxylation sites is 1. The van der Waals surface area contributed by atoms with E-state index in [2.05, 4.69) is 0 Å². The SMILES string of the molecule is O=C(O)CCCCCN(OCc1ccccc1)S(=O)(=O)c1ccccc1[N+](=O)[O-]. The van der Waals surface area contributed by atoms with Crippen LogP contribution in [0.15, 0.2) is 59.5 Å². The molecule has 0 aromatic heterocycles. The van der Waals surface area contributed by atoms with Crippen molar-refractivity contribution in [1.82, 2.24) is 4.47 Å². The number of aliphatic carboxylic acids is 1. The summed E-state index contributed by atoms with van der Waals surface area (Å²) in [5, 5.41) is 20.0. The summed E-state index contributed by atoms with van der Waals surface area (Å²) in [5.41, 5.74) is 0.202. The maximum atomic E-state index is 13.1. The fourth-order valence-corrected chi connectivity index (χ4v) is 4.04. The quantitative estimate of drug-likeness (QED) is 0.316. The Hall–Kier alpha value is -2.82. The number of sulfonamides is 1. The first-order chi connectivity index (χ1) is 13.8. The Kier molecular flexibility index (Phi) is 8.25. The summed E-state index contributed by atoms with van der Waals surface area (Å²) < 4.78 is 26.9. The molecule has 0 heterocycles. The molecule has 0 saturated heterocycles. The molecule has 0 radical (unpaired) electrons. The van der Waals surface area contributed by atoms with Crippen molar-refractivity contribution in [3.05, 3.63) is 70.3 Å². The molecule has 2 aromatic rings. The van der Waals surface area contributed by atoms with Crippen LogP contribution in [0.25, 0.3) is 0 Å². The van der Waals surface area contributed by atoms with Gasteiger partial charge >= 0.3 is 5.97 Å². The van der Waals surface area contributed by atoms with E-state index in [9.17, 15) is 23.3 Å². The summed E-state index contributed by atoms with van der Waals surface area (Å²) in [6, 6.07) is 14.0. The Labute approximate surface area is 168 Å². The van der Waals surface area contributed by atoms with Gasteiger partial charge < -0.3 is 5.11 Å². The predicted octanol–water partition coefficient (Wildman–Crippen LogP) is 3.36. The molecule has 10 heteroatoms. The van der Waals surface area contributed by atoms with Crippen LogP contribution in [0.4, 0.5) is 5.69 Å². The molecule has 1 N–H and O–H groups in total. The zero-order chi connectivity index (χ0) is 21.3. The van der Waals surface area contributed by atoms with Gasteiger partial charge in [0.15, 0.2) is 4.90 Å². The van der Waals surface area contributed by atoms with E-state index in [0.29, 0.717) is 19.3 Å². The molecule has 0 unspecified atom stereocenters. The van der Waals surface area contributed by atoms with Crippen LogP contribution in [-0.2, 0) is 26.3 Å². The standard InChI is InChI=1S/C19H22N2O7S/c22-19(23)13-5-2-8-14-20(28-15-16-9-3-1-4-10-16)29(26,27)18-12-7-6-11-17(18)21(24)25/h1,3-4,6-7,9-12H,2,5,8,13-15H2,(H,22,23). The normalized spacial score (nSPS) is 11.5. The van der Waals surface area contributed by atoms with Gasteiger partial charge in [0.1, 0.15) is 0 Å². The highest BCUT2D eigenvalue weighted by molar-refractivity contribution is 7.89. The van der Waals surface area contributed by atoms with Crippen LogP contribution in [0.3, 0.4) is 0 Å². The predicted molar refractivity (Wildman–Crippen MR) is 104 cm³/mol. The lowest BCUT2D eigenvalue weighted by atomic mass is 10.2. The molecular formula is C19H22N2O7S. The highest BCUT2D eigenvalue weighted by atomic mass is 32.2. The number of rotatable bonds is 12. The Balaban J connectivity index is 2.20. The molecule has 0 aliphatic carbocycles. The van der Waals surface area contributed by atoms with Crippen LogP contribution >= 0.6 is 0 Å². The molecule has 0 amide bonds. The van der Waals surface area contributed by atoms with Crippen LogP contribution in [0.2, 0.25) is 0 Å². The van der Waals surface area contributed by atoms with Gasteiger partial charge in [-0.15, -0.1) is 0 Å². The van der Waals surface area contributed by atoms with E-state index >= 15 is 0 Å². The zero-order valence-corrected chi connectivity index (χ0v) is 16.5. The molecule has 0 spiro atoms. The average molecular weight is 422 g/mol. The topological polar surface area (TPSA) is 127 Å². The fourth-order valence-electron chi connectivity index (χ4n) is 2.60. The number of hydroxylamine groups is 1. The first-order valence-corrected chi connectivity index (χ1v) is 10.4. The van der Waals surface area contributed by atoms with Crippen LogP contribution in [0, 0.1) is 10.1 Å². The lowest BCUT2D eigenvalue weighted by Crippen LogP contribution is -2.32. The van der Waals surface area contributed by atoms with E-state index in [1.807, 2.05) is 6.07 Å². The molecule has 9 nitrogen and oxygen atoms in total. The largest absolute Gasteiger partial charge is 0.481 e. The lowest BCUT2D eigenvalue weighted by molar-refractivity contribution is -0.387. The van der Waals surface area contributed by atoms with Gasteiger partial charge in [-0.1, -0.05) is 53.4 Å². The number of benzene rings is 2. The van der Waals surface area contributed by atoms with Crippen LogP contribution in [0.1, 0.15) is 31.2 Å².